The monoisotopic (exact) mass is 547 g/mol. The molecule has 0 saturated carbocycles. The number of fused-ring (bicyclic) bond motifs is 1. The summed E-state index contributed by atoms with van der Waals surface area (Å²) in [6, 6.07) is 46.9. The number of nitrogens with zero attached hydrogens (tertiary/aromatic N) is 1. The second-order valence-electron chi connectivity index (χ2n) is 8.68. The molecule has 1 heterocycles. The molecular formula is C32H23BrNOP. The molecule has 0 bridgehead atoms. The second-order valence-corrected chi connectivity index (χ2v) is 12.1. The van der Waals surface area contributed by atoms with E-state index in [0.29, 0.717) is 0 Å². The van der Waals surface area contributed by atoms with Gasteiger partial charge in [0.05, 0.1) is 0 Å². The first kappa shape index (κ1) is 22.8. The van der Waals surface area contributed by atoms with Gasteiger partial charge in [-0.05, 0) is 57.9 Å². The molecule has 0 N–H and O–H groups in total. The fourth-order valence-electron chi connectivity index (χ4n) is 4.90. The van der Waals surface area contributed by atoms with Gasteiger partial charge in [-0.25, -0.2) is 0 Å². The van der Waals surface area contributed by atoms with Gasteiger partial charge in [0.2, 0.25) is 0 Å². The minimum absolute atomic E-state index is 0.848. The molecule has 0 aliphatic carbocycles. The van der Waals surface area contributed by atoms with Gasteiger partial charge in [0.1, 0.15) is 0 Å². The van der Waals surface area contributed by atoms with Gasteiger partial charge in [-0.3, -0.25) is 0 Å². The maximum atomic E-state index is 14.9. The van der Waals surface area contributed by atoms with Crippen molar-refractivity contribution in [2.24, 2.45) is 0 Å². The molecule has 5 aromatic carbocycles. The number of hydrogen-bond acceptors (Lipinski definition) is 2. The van der Waals surface area contributed by atoms with Crippen molar-refractivity contribution in [2.75, 3.05) is 4.90 Å². The molecule has 174 valence electrons. The summed E-state index contributed by atoms with van der Waals surface area (Å²) in [4.78, 5) is 2.23. The van der Waals surface area contributed by atoms with E-state index in [1.165, 1.54) is 0 Å². The maximum Gasteiger partial charge on any atom is 0.173 e. The molecule has 0 amide bonds. The van der Waals surface area contributed by atoms with Crippen LogP contribution in [0.1, 0.15) is 11.1 Å². The Morgan fingerprint density at radius 3 is 1.58 bits per heavy atom. The standard InChI is InChI=1S/C32H23BrNOP/c33-31-29-18-10-11-19-30(29)36(35,28-16-8-3-9-17-28)32(31)24-20-22-27(23-21-24)34(25-12-4-1-5-13-25)26-14-6-2-7-15-26/h1-23H. The van der Waals surface area contributed by atoms with Gasteiger partial charge >= 0.3 is 0 Å². The van der Waals surface area contributed by atoms with Crippen molar-refractivity contribution < 1.29 is 4.57 Å². The lowest BCUT2D eigenvalue weighted by Crippen LogP contribution is -2.15. The number of halogens is 1. The summed E-state index contributed by atoms with van der Waals surface area (Å²) < 4.78 is 15.8. The summed E-state index contributed by atoms with van der Waals surface area (Å²) in [6.45, 7) is 0. The van der Waals surface area contributed by atoms with E-state index in [1.807, 2.05) is 91.0 Å². The number of para-hydroxylation sites is 2. The first-order chi connectivity index (χ1) is 17.7. The molecule has 0 radical (unpaired) electrons. The van der Waals surface area contributed by atoms with Gasteiger partial charge < -0.3 is 9.46 Å². The van der Waals surface area contributed by atoms with E-state index in [4.69, 9.17) is 0 Å². The average Bonchev–Trinajstić information content (AvgIpc) is 3.18. The normalized spacial score (nSPS) is 16.6. The molecule has 1 aliphatic rings. The van der Waals surface area contributed by atoms with Crippen molar-refractivity contribution in [3.05, 3.63) is 151 Å². The quantitative estimate of drug-likeness (QED) is 0.205. The van der Waals surface area contributed by atoms with Crippen molar-refractivity contribution in [1.82, 2.24) is 0 Å². The Morgan fingerprint density at radius 1 is 0.528 bits per heavy atom. The molecule has 4 heteroatoms. The average molecular weight is 548 g/mol. The lowest BCUT2D eigenvalue weighted by molar-refractivity contribution is 0.593. The Hall–Kier alpha value is -3.65. The molecule has 1 atom stereocenters. The van der Waals surface area contributed by atoms with Gasteiger partial charge in [0.15, 0.2) is 7.14 Å². The molecule has 6 rings (SSSR count). The zero-order chi connectivity index (χ0) is 24.5. The Balaban J connectivity index is 1.48. The topological polar surface area (TPSA) is 20.3 Å². The van der Waals surface area contributed by atoms with Gasteiger partial charge in [-0.15, -0.1) is 0 Å². The summed E-state index contributed by atoms with van der Waals surface area (Å²) in [5.41, 5.74) is 5.16. The van der Waals surface area contributed by atoms with Crippen LogP contribution in [-0.2, 0) is 4.57 Å². The zero-order valence-electron chi connectivity index (χ0n) is 19.5. The van der Waals surface area contributed by atoms with Crippen LogP contribution >= 0.6 is 23.1 Å². The van der Waals surface area contributed by atoms with Gasteiger partial charge in [-0.1, -0.05) is 103 Å². The van der Waals surface area contributed by atoms with Crippen LogP contribution in [0.2, 0.25) is 0 Å². The van der Waals surface area contributed by atoms with Crippen LogP contribution in [0.3, 0.4) is 0 Å². The van der Waals surface area contributed by atoms with E-state index in [2.05, 4.69) is 69.4 Å². The third kappa shape index (κ3) is 3.76. The molecule has 36 heavy (non-hydrogen) atoms. The van der Waals surface area contributed by atoms with Crippen molar-refractivity contribution in [1.29, 1.82) is 0 Å². The smallest absolute Gasteiger partial charge is 0.173 e. The molecule has 5 aromatic rings. The highest BCUT2D eigenvalue weighted by Crippen LogP contribution is 2.65. The third-order valence-corrected chi connectivity index (χ3v) is 10.9. The van der Waals surface area contributed by atoms with E-state index in [0.717, 1.165) is 48.6 Å². The highest BCUT2D eigenvalue weighted by atomic mass is 79.9. The molecule has 0 fully saturated rings. The molecule has 0 spiro atoms. The maximum absolute atomic E-state index is 14.9. The van der Waals surface area contributed by atoms with E-state index in [1.54, 1.807) is 0 Å². The van der Waals surface area contributed by atoms with Gasteiger partial charge in [-0.2, -0.15) is 0 Å². The molecular weight excluding hydrogens is 525 g/mol. The van der Waals surface area contributed by atoms with E-state index >= 15 is 0 Å². The fraction of sp³-hybridized carbons (Fsp3) is 0. The van der Waals surface area contributed by atoms with E-state index in [-0.39, 0.29) is 0 Å². The highest BCUT2D eigenvalue weighted by molar-refractivity contribution is 9.15. The molecule has 1 aliphatic heterocycles. The van der Waals surface area contributed by atoms with Crippen molar-refractivity contribution in [3.63, 3.8) is 0 Å². The van der Waals surface area contributed by atoms with E-state index in [9.17, 15) is 4.57 Å². The SMILES string of the molecule is O=P1(c2ccccc2)C(c2ccc(N(c3ccccc3)c3ccccc3)cc2)=C(Br)c2ccccc21. The summed E-state index contributed by atoms with van der Waals surface area (Å²) in [5, 5.41) is 2.59. The van der Waals surface area contributed by atoms with Crippen LogP contribution in [0.15, 0.2) is 140 Å². The molecule has 2 nitrogen and oxygen atoms in total. The van der Waals surface area contributed by atoms with Crippen LogP contribution < -0.4 is 15.5 Å². The molecule has 0 saturated heterocycles. The predicted octanol–water partition coefficient (Wildman–Crippen LogP) is 8.70. The lowest BCUT2D eigenvalue weighted by atomic mass is 10.1. The fourth-order valence-corrected chi connectivity index (χ4v) is 9.48. The minimum Gasteiger partial charge on any atom is -0.311 e. The number of benzene rings is 5. The highest BCUT2D eigenvalue weighted by Gasteiger charge is 2.42. The summed E-state index contributed by atoms with van der Waals surface area (Å²) in [5.74, 6) is 0. The van der Waals surface area contributed by atoms with Gasteiger partial charge in [0.25, 0.3) is 0 Å². The first-order valence-corrected chi connectivity index (χ1v) is 14.3. The largest absolute Gasteiger partial charge is 0.311 e. The first-order valence-electron chi connectivity index (χ1n) is 11.8. The molecule has 1 unspecified atom stereocenters. The van der Waals surface area contributed by atoms with E-state index < -0.39 is 7.14 Å². The van der Waals surface area contributed by atoms with Crippen molar-refractivity contribution in [3.8, 4) is 0 Å². The minimum atomic E-state index is -3.04. The summed E-state index contributed by atoms with van der Waals surface area (Å²) in [7, 11) is -3.04. The van der Waals surface area contributed by atoms with Crippen LogP contribution in [0.4, 0.5) is 17.1 Å². The number of anilines is 3. The second kappa shape index (κ2) is 9.43. The van der Waals surface area contributed by atoms with Crippen molar-refractivity contribution >= 4 is 60.5 Å². The van der Waals surface area contributed by atoms with Crippen LogP contribution in [0.5, 0.6) is 0 Å². The summed E-state index contributed by atoms with van der Waals surface area (Å²) in [6.07, 6.45) is 0. The zero-order valence-corrected chi connectivity index (χ0v) is 21.9. The lowest BCUT2D eigenvalue weighted by Gasteiger charge is -2.26. The predicted molar refractivity (Wildman–Crippen MR) is 157 cm³/mol. The number of hydrogen-bond donors (Lipinski definition) is 0. The van der Waals surface area contributed by atoms with Crippen LogP contribution in [0.25, 0.3) is 9.80 Å². The summed E-state index contributed by atoms with van der Waals surface area (Å²) >= 11 is 3.83. The van der Waals surface area contributed by atoms with Crippen molar-refractivity contribution in [2.45, 2.75) is 0 Å². The Bertz CT molecular complexity index is 1560. The van der Waals surface area contributed by atoms with Crippen LogP contribution in [-0.4, -0.2) is 0 Å². The van der Waals surface area contributed by atoms with Crippen LogP contribution in [0, 0.1) is 0 Å². The van der Waals surface area contributed by atoms with Gasteiger partial charge in [0, 0.05) is 43.0 Å². The number of rotatable bonds is 5. The Kier molecular flexibility index (Phi) is 5.97. The Labute approximate surface area is 220 Å². The third-order valence-electron chi connectivity index (χ3n) is 6.55. The molecule has 0 aromatic heterocycles. The Morgan fingerprint density at radius 2 is 1.00 bits per heavy atom.